The van der Waals surface area contributed by atoms with Crippen molar-refractivity contribution >= 4 is 50.9 Å². The van der Waals surface area contributed by atoms with Crippen LogP contribution in [0, 0.1) is 0 Å². The largest absolute Gasteiger partial charge is 0.281 e. The zero-order chi connectivity index (χ0) is 20.1. The molecule has 0 amide bonds. The Hall–Kier alpha value is -2.45. The van der Waals surface area contributed by atoms with Crippen molar-refractivity contribution in [3.8, 4) is 0 Å². The van der Waals surface area contributed by atoms with Crippen molar-refractivity contribution in [1.29, 1.82) is 0 Å². The predicted octanol–water partition coefficient (Wildman–Crippen LogP) is 5.39. The van der Waals surface area contributed by atoms with Crippen LogP contribution in [0.2, 0.25) is 5.28 Å². The first-order valence-electron chi connectivity index (χ1n) is 9.42. The summed E-state index contributed by atoms with van der Waals surface area (Å²) in [6.07, 6.45) is 3.66. The molecule has 0 aliphatic heterocycles. The molecule has 146 valence electrons. The summed E-state index contributed by atoms with van der Waals surface area (Å²) < 4.78 is 1.84. The maximum Gasteiger partial charge on any atom is 0.208 e. The quantitative estimate of drug-likeness (QED) is 0.346. The van der Waals surface area contributed by atoms with Gasteiger partial charge in [0, 0.05) is 11.6 Å². The Morgan fingerprint density at radius 3 is 1.62 bits per heavy atom. The van der Waals surface area contributed by atoms with E-state index in [1.54, 1.807) is 17.5 Å². The monoisotopic (exact) mass is 436 g/mol. The van der Waals surface area contributed by atoms with E-state index in [9.17, 15) is 0 Å². The number of fused-ring (bicyclic) bond motifs is 1. The summed E-state index contributed by atoms with van der Waals surface area (Å²) in [7, 11) is -1.88. The van der Waals surface area contributed by atoms with Crippen LogP contribution in [-0.4, -0.2) is 16.0 Å². The van der Waals surface area contributed by atoms with Gasteiger partial charge in [-0.05, 0) is 11.6 Å². The molecule has 0 bridgehead atoms. The van der Waals surface area contributed by atoms with Crippen molar-refractivity contribution < 1.29 is 0 Å². The minimum absolute atomic E-state index is 0.534. The fourth-order valence-corrected chi connectivity index (χ4v) is 8.04. The number of hydrogen-bond donors (Lipinski definition) is 0. The molecule has 2 aromatic heterocycles. The van der Waals surface area contributed by atoms with E-state index in [1.807, 2.05) is 16.0 Å². The van der Waals surface area contributed by atoms with Gasteiger partial charge in [-0.2, -0.15) is 0 Å². The second kappa shape index (κ2) is 8.92. The van der Waals surface area contributed by atoms with E-state index in [0.29, 0.717) is 5.28 Å². The topological polar surface area (TPSA) is 17.3 Å². The number of rotatable bonds is 3. The van der Waals surface area contributed by atoms with Gasteiger partial charge in [0.2, 0.25) is 5.28 Å². The van der Waals surface area contributed by atoms with Crippen molar-refractivity contribution in [2.45, 2.75) is 0 Å². The molecule has 0 saturated carbocycles. The Bertz CT molecular complexity index is 1070. The second-order valence-corrected chi connectivity index (χ2v) is 12.1. The third kappa shape index (κ3) is 4.13. The van der Waals surface area contributed by atoms with Crippen molar-refractivity contribution in [2.75, 3.05) is 6.66 Å². The summed E-state index contributed by atoms with van der Waals surface area (Å²) in [5.74, 6) is 0. The number of halogens is 1. The Balaban J connectivity index is 0.000000188. The van der Waals surface area contributed by atoms with Gasteiger partial charge in [-0.3, -0.25) is 4.40 Å². The van der Waals surface area contributed by atoms with Gasteiger partial charge in [-0.25, -0.2) is 4.98 Å². The average Bonchev–Trinajstić information content (AvgIpc) is 3.41. The van der Waals surface area contributed by atoms with Gasteiger partial charge in [0.25, 0.3) is 0 Å². The third-order valence-electron chi connectivity index (χ3n) is 5.17. The van der Waals surface area contributed by atoms with Crippen LogP contribution in [0.3, 0.4) is 0 Å². The fraction of sp³-hybridized carbons (Fsp3) is 0.0417. The van der Waals surface area contributed by atoms with Crippen LogP contribution in [-0.2, 0) is 0 Å². The maximum absolute atomic E-state index is 5.67. The van der Waals surface area contributed by atoms with Gasteiger partial charge in [-0.15, -0.1) is 11.3 Å². The molecule has 0 aliphatic rings. The molecule has 2 heterocycles. The standard InChI is InChI=1S/C19H19P.C5H3ClN2S/c1-20(17-11-5-2-6-12-17,18-13-7-3-8-14-18)19-15-9-4-10-16-19;6-5-7-3-4-8(5)1-2-9-4/h2-16,20H,1H3;1-3H. The zero-order valence-electron chi connectivity index (χ0n) is 16.1. The smallest absolute Gasteiger partial charge is 0.208 e. The molecule has 0 spiro atoms. The Morgan fingerprint density at radius 1 is 0.759 bits per heavy atom. The van der Waals surface area contributed by atoms with Crippen molar-refractivity contribution in [3.05, 3.63) is 114 Å². The first-order chi connectivity index (χ1) is 14.2. The van der Waals surface area contributed by atoms with E-state index in [2.05, 4.69) is 103 Å². The molecule has 29 heavy (non-hydrogen) atoms. The van der Waals surface area contributed by atoms with Gasteiger partial charge in [0.1, 0.15) is 4.83 Å². The van der Waals surface area contributed by atoms with E-state index in [0.717, 1.165) is 4.83 Å². The molecule has 0 fully saturated rings. The molecular weight excluding hydrogens is 415 g/mol. The van der Waals surface area contributed by atoms with Crippen molar-refractivity contribution in [2.24, 2.45) is 0 Å². The van der Waals surface area contributed by atoms with Crippen LogP contribution >= 0.6 is 30.2 Å². The molecule has 0 atom stereocenters. The van der Waals surface area contributed by atoms with Crippen LogP contribution in [0.15, 0.2) is 109 Å². The SMILES string of the molecule is C[PH](c1ccccc1)(c1ccccc1)c1ccccc1.Clc1ncc2sccn12. The molecule has 5 rings (SSSR count). The van der Waals surface area contributed by atoms with E-state index in [4.69, 9.17) is 11.6 Å². The average molecular weight is 437 g/mol. The van der Waals surface area contributed by atoms with E-state index in [-0.39, 0.29) is 0 Å². The number of aromatic nitrogens is 2. The second-order valence-electron chi connectivity index (χ2n) is 6.86. The van der Waals surface area contributed by atoms with E-state index < -0.39 is 7.26 Å². The molecule has 0 saturated heterocycles. The third-order valence-corrected chi connectivity index (χ3v) is 10.7. The molecule has 2 nitrogen and oxygen atoms in total. The summed E-state index contributed by atoms with van der Waals surface area (Å²) in [5, 5.41) is 6.88. The van der Waals surface area contributed by atoms with Crippen LogP contribution in [0.1, 0.15) is 0 Å². The van der Waals surface area contributed by atoms with Crippen LogP contribution in [0.25, 0.3) is 4.83 Å². The Morgan fingerprint density at radius 2 is 1.21 bits per heavy atom. The Kier molecular flexibility index (Phi) is 6.10. The minimum atomic E-state index is -1.88. The minimum Gasteiger partial charge on any atom is -0.281 e. The maximum atomic E-state index is 5.67. The summed E-state index contributed by atoms with van der Waals surface area (Å²) in [6, 6.07) is 32.8. The summed E-state index contributed by atoms with van der Waals surface area (Å²) in [4.78, 5) is 4.98. The van der Waals surface area contributed by atoms with Gasteiger partial charge in [0.15, 0.2) is 0 Å². The van der Waals surface area contributed by atoms with Gasteiger partial charge < -0.3 is 0 Å². The Labute approximate surface area is 180 Å². The first kappa shape index (κ1) is 19.8. The van der Waals surface area contributed by atoms with Crippen LogP contribution in [0.4, 0.5) is 0 Å². The van der Waals surface area contributed by atoms with Gasteiger partial charge in [-0.1, -0.05) is 0 Å². The van der Waals surface area contributed by atoms with Crippen LogP contribution < -0.4 is 15.9 Å². The molecule has 5 heteroatoms. The number of benzene rings is 3. The van der Waals surface area contributed by atoms with Crippen molar-refractivity contribution in [3.63, 3.8) is 0 Å². The summed E-state index contributed by atoms with van der Waals surface area (Å²) in [6.45, 7) is 2.44. The van der Waals surface area contributed by atoms with Gasteiger partial charge >= 0.3 is 121 Å². The molecule has 0 unspecified atom stereocenters. The molecule has 5 aromatic rings. The number of imidazole rings is 1. The summed E-state index contributed by atoms with van der Waals surface area (Å²) in [5.41, 5.74) is 0. The van der Waals surface area contributed by atoms with Crippen molar-refractivity contribution in [1.82, 2.24) is 9.38 Å². The molecular formula is C24H22ClN2PS. The van der Waals surface area contributed by atoms with E-state index >= 15 is 0 Å². The first-order valence-corrected chi connectivity index (χ1v) is 13.2. The number of nitrogens with zero attached hydrogens (tertiary/aromatic N) is 2. The fourth-order valence-electron chi connectivity index (χ4n) is 3.52. The van der Waals surface area contributed by atoms with Gasteiger partial charge in [0.05, 0.1) is 6.20 Å². The number of hydrogen-bond acceptors (Lipinski definition) is 2. The summed E-state index contributed by atoms with van der Waals surface area (Å²) >= 11 is 7.30. The van der Waals surface area contributed by atoms with Crippen LogP contribution in [0.5, 0.6) is 0 Å². The molecule has 3 aromatic carbocycles. The predicted molar refractivity (Wildman–Crippen MR) is 131 cm³/mol. The number of thiazole rings is 1. The normalized spacial score (nSPS) is 11.7. The molecule has 0 aliphatic carbocycles. The zero-order valence-corrected chi connectivity index (χ0v) is 18.6. The molecule has 0 radical (unpaired) electrons. The van der Waals surface area contributed by atoms with E-state index in [1.165, 1.54) is 15.9 Å². The molecule has 0 N–H and O–H groups in total.